The monoisotopic (exact) mass is 495 g/mol. The average Bonchev–Trinajstić information content (AvgIpc) is 2.79. The molecule has 1 aromatic carbocycles. The smallest absolute Gasteiger partial charge is 0.293 e. The summed E-state index contributed by atoms with van der Waals surface area (Å²) in [6.07, 6.45) is 1.15. The van der Waals surface area contributed by atoms with Crippen LogP contribution in [0.25, 0.3) is 0 Å². The van der Waals surface area contributed by atoms with Gasteiger partial charge in [0, 0.05) is 58.4 Å². The van der Waals surface area contributed by atoms with Crippen molar-refractivity contribution in [2.45, 2.75) is 39.0 Å². The number of likely N-dealkylation sites (tertiary alicyclic amines) is 1. The van der Waals surface area contributed by atoms with E-state index in [1.54, 1.807) is 13.8 Å². The average molecular weight is 496 g/mol. The van der Waals surface area contributed by atoms with Gasteiger partial charge in [-0.05, 0) is 30.4 Å². The first-order valence-corrected chi connectivity index (χ1v) is 13.5. The van der Waals surface area contributed by atoms with Gasteiger partial charge in [0.2, 0.25) is 15.9 Å². The minimum absolute atomic E-state index is 0.0686. The van der Waals surface area contributed by atoms with Gasteiger partial charge < -0.3 is 9.80 Å². The minimum Gasteiger partial charge on any atom is -0.363 e. The standard InChI is InChI=1S/C23H37N5O5S/c1-5-27(6-2)34(32,33)20-7-8-21(22(14-20)28(30)31)25-11-9-24(10-12-25)17-23(29)26-15-18(3)13-19(4)16-26/h7-8,14,18-19H,5-6,9-13,15-17H2,1-4H3. The van der Waals surface area contributed by atoms with Crippen LogP contribution < -0.4 is 4.90 Å². The first-order valence-electron chi connectivity index (χ1n) is 12.1. The van der Waals surface area contributed by atoms with Crippen molar-refractivity contribution >= 4 is 27.3 Å². The molecular formula is C23H37N5O5S. The first-order chi connectivity index (χ1) is 16.1. The van der Waals surface area contributed by atoms with Crippen LogP contribution in [0.1, 0.15) is 34.1 Å². The van der Waals surface area contributed by atoms with Crippen LogP contribution in [0.4, 0.5) is 11.4 Å². The molecule has 1 aromatic rings. The fourth-order valence-electron chi connectivity index (χ4n) is 5.09. The number of benzene rings is 1. The number of hydrogen-bond donors (Lipinski definition) is 0. The Bertz CT molecular complexity index is 979. The van der Waals surface area contributed by atoms with Crippen LogP contribution in [0.15, 0.2) is 23.1 Å². The Morgan fingerprint density at radius 2 is 1.68 bits per heavy atom. The van der Waals surface area contributed by atoms with Gasteiger partial charge in [-0.1, -0.05) is 27.7 Å². The van der Waals surface area contributed by atoms with Gasteiger partial charge in [0.1, 0.15) is 5.69 Å². The molecular weight excluding hydrogens is 458 g/mol. The Labute approximate surface area is 202 Å². The highest BCUT2D eigenvalue weighted by molar-refractivity contribution is 7.89. The summed E-state index contributed by atoms with van der Waals surface area (Å²) in [5.41, 5.74) is 0.196. The van der Waals surface area contributed by atoms with Crippen molar-refractivity contribution in [1.29, 1.82) is 0 Å². The molecule has 2 atom stereocenters. The van der Waals surface area contributed by atoms with E-state index in [1.165, 1.54) is 16.4 Å². The second-order valence-electron chi connectivity index (χ2n) is 9.50. The molecule has 0 bridgehead atoms. The fraction of sp³-hybridized carbons (Fsp3) is 0.696. The fourth-order valence-corrected chi connectivity index (χ4v) is 6.57. The molecule has 3 rings (SSSR count). The molecule has 34 heavy (non-hydrogen) atoms. The Kier molecular flexibility index (Phi) is 8.53. The van der Waals surface area contributed by atoms with E-state index < -0.39 is 14.9 Å². The van der Waals surface area contributed by atoms with Crippen molar-refractivity contribution in [3.05, 3.63) is 28.3 Å². The van der Waals surface area contributed by atoms with E-state index in [1.807, 2.05) is 9.80 Å². The van der Waals surface area contributed by atoms with Gasteiger partial charge in [0.25, 0.3) is 5.69 Å². The molecule has 2 fully saturated rings. The summed E-state index contributed by atoms with van der Waals surface area (Å²) < 4.78 is 26.9. The Morgan fingerprint density at radius 3 is 2.21 bits per heavy atom. The number of piperazine rings is 1. The number of anilines is 1. The van der Waals surface area contributed by atoms with Crippen LogP contribution in [0, 0.1) is 22.0 Å². The van der Waals surface area contributed by atoms with E-state index in [0.717, 1.165) is 25.6 Å². The third kappa shape index (κ3) is 5.87. The normalized spacial score (nSPS) is 22.3. The molecule has 1 amide bonds. The third-order valence-corrected chi connectivity index (χ3v) is 8.83. The molecule has 0 spiro atoms. The number of rotatable bonds is 8. The van der Waals surface area contributed by atoms with Crippen LogP contribution in [0.3, 0.4) is 0 Å². The van der Waals surface area contributed by atoms with E-state index in [2.05, 4.69) is 18.7 Å². The third-order valence-electron chi connectivity index (χ3n) is 6.78. The maximum Gasteiger partial charge on any atom is 0.293 e. The Morgan fingerprint density at radius 1 is 1.09 bits per heavy atom. The molecule has 0 saturated carbocycles. The Balaban J connectivity index is 1.67. The summed E-state index contributed by atoms with van der Waals surface area (Å²) in [4.78, 5) is 30.0. The predicted octanol–water partition coefficient (Wildman–Crippen LogP) is 2.25. The van der Waals surface area contributed by atoms with Crippen LogP contribution in [-0.4, -0.2) is 92.3 Å². The number of nitro benzene ring substituents is 1. The lowest BCUT2D eigenvalue weighted by Gasteiger charge is -2.38. The number of nitro groups is 1. The summed E-state index contributed by atoms with van der Waals surface area (Å²) in [6.45, 7) is 12.7. The van der Waals surface area contributed by atoms with Crippen molar-refractivity contribution in [1.82, 2.24) is 14.1 Å². The number of sulfonamides is 1. The quantitative estimate of drug-likeness (QED) is 0.402. The van der Waals surface area contributed by atoms with Crippen molar-refractivity contribution in [3.63, 3.8) is 0 Å². The highest BCUT2D eigenvalue weighted by Gasteiger charge is 2.30. The van der Waals surface area contributed by atoms with Gasteiger partial charge in [-0.2, -0.15) is 4.31 Å². The zero-order chi connectivity index (χ0) is 25.0. The van der Waals surface area contributed by atoms with Crippen LogP contribution in [0.5, 0.6) is 0 Å². The predicted molar refractivity (Wildman–Crippen MR) is 131 cm³/mol. The first kappa shape index (κ1) is 26.4. The number of hydrogen-bond acceptors (Lipinski definition) is 7. The molecule has 11 heteroatoms. The van der Waals surface area contributed by atoms with Crippen LogP contribution >= 0.6 is 0 Å². The van der Waals surface area contributed by atoms with Crippen LogP contribution in [-0.2, 0) is 14.8 Å². The van der Waals surface area contributed by atoms with Gasteiger partial charge >= 0.3 is 0 Å². The van der Waals surface area contributed by atoms with Crippen molar-refractivity contribution < 1.29 is 18.1 Å². The van der Waals surface area contributed by atoms with Crippen molar-refractivity contribution in [2.75, 3.05) is 63.8 Å². The summed E-state index contributed by atoms with van der Waals surface area (Å²) in [5, 5.41) is 11.8. The van der Waals surface area contributed by atoms with Gasteiger partial charge in [-0.25, -0.2) is 8.42 Å². The Hall–Kier alpha value is -2.24. The number of amides is 1. The minimum atomic E-state index is -3.79. The summed E-state index contributed by atoms with van der Waals surface area (Å²) in [5.74, 6) is 1.17. The maximum atomic E-state index is 12.8. The lowest BCUT2D eigenvalue weighted by Crippen LogP contribution is -2.52. The molecule has 190 valence electrons. The number of piperidine rings is 1. The summed E-state index contributed by atoms with van der Waals surface area (Å²) in [6, 6.07) is 4.15. The number of nitrogens with zero attached hydrogens (tertiary/aromatic N) is 5. The molecule has 0 aromatic heterocycles. The van der Waals surface area contributed by atoms with E-state index >= 15 is 0 Å². The van der Waals surface area contributed by atoms with Gasteiger partial charge in [0.05, 0.1) is 16.4 Å². The second kappa shape index (κ2) is 11.0. The zero-order valence-electron chi connectivity index (χ0n) is 20.6. The van der Waals surface area contributed by atoms with Gasteiger partial charge in [-0.15, -0.1) is 0 Å². The lowest BCUT2D eigenvalue weighted by atomic mass is 9.92. The van der Waals surface area contributed by atoms with E-state index in [0.29, 0.717) is 63.3 Å². The zero-order valence-corrected chi connectivity index (χ0v) is 21.5. The van der Waals surface area contributed by atoms with Crippen molar-refractivity contribution in [3.8, 4) is 0 Å². The molecule has 0 radical (unpaired) electrons. The van der Waals surface area contributed by atoms with E-state index in [9.17, 15) is 23.3 Å². The summed E-state index contributed by atoms with van der Waals surface area (Å²) >= 11 is 0. The molecule has 0 N–H and O–H groups in total. The highest BCUT2D eigenvalue weighted by Crippen LogP contribution is 2.32. The molecule has 2 heterocycles. The molecule has 2 aliphatic heterocycles. The largest absolute Gasteiger partial charge is 0.363 e. The molecule has 2 unspecified atom stereocenters. The number of carbonyl (C=O) groups excluding carboxylic acids is 1. The van der Waals surface area contributed by atoms with Gasteiger partial charge in [0.15, 0.2) is 0 Å². The molecule has 2 saturated heterocycles. The second-order valence-corrected chi connectivity index (χ2v) is 11.4. The maximum absolute atomic E-state index is 12.8. The lowest BCUT2D eigenvalue weighted by molar-refractivity contribution is -0.384. The highest BCUT2D eigenvalue weighted by atomic mass is 32.2. The molecule has 10 nitrogen and oxygen atoms in total. The van der Waals surface area contributed by atoms with Gasteiger partial charge in [-0.3, -0.25) is 19.8 Å². The van der Waals surface area contributed by atoms with Crippen molar-refractivity contribution in [2.24, 2.45) is 11.8 Å². The molecule has 2 aliphatic rings. The summed E-state index contributed by atoms with van der Waals surface area (Å²) in [7, 11) is -3.79. The van der Waals surface area contributed by atoms with Crippen LogP contribution in [0.2, 0.25) is 0 Å². The number of carbonyl (C=O) groups is 1. The van der Waals surface area contributed by atoms with E-state index in [-0.39, 0.29) is 16.5 Å². The topological polar surface area (TPSA) is 107 Å². The molecule has 0 aliphatic carbocycles. The SMILES string of the molecule is CCN(CC)S(=O)(=O)c1ccc(N2CCN(CC(=O)N3CC(C)CC(C)C3)CC2)c([N+](=O)[O-])c1. The van der Waals surface area contributed by atoms with E-state index in [4.69, 9.17) is 0 Å².